The summed E-state index contributed by atoms with van der Waals surface area (Å²) >= 11 is 13.4. The van der Waals surface area contributed by atoms with Crippen molar-refractivity contribution in [2.75, 3.05) is 10.6 Å². The topological polar surface area (TPSA) is 58.2 Å². The average Bonchev–Trinajstić information content (AvgIpc) is 2.67. The van der Waals surface area contributed by atoms with Gasteiger partial charge >= 0.3 is 11.8 Å². The van der Waals surface area contributed by atoms with E-state index in [0.29, 0.717) is 15.7 Å². The van der Waals surface area contributed by atoms with Crippen molar-refractivity contribution < 1.29 is 9.59 Å². The van der Waals surface area contributed by atoms with E-state index < -0.39 is 11.8 Å². The molecule has 0 aromatic heterocycles. The number of carbonyl (C=O) groups is 2. The van der Waals surface area contributed by atoms with Gasteiger partial charge in [-0.25, -0.2) is 0 Å². The van der Waals surface area contributed by atoms with Crippen molar-refractivity contribution in [3.05, 3.63) is 82.8 Å². The SMILES string of the molecule is O=C(Nc1cc(Cl)ccc1Cl)C(=O)Nc1ccccc1Sc1ccccc1. The first-order valence-corrected chi connectivity index (χ1v) is 9.49. The number of amides is 2. The highest BCUT2D eigenvalue weighted by molar-refractivity contribution is 7.99. The highest BCUT2D eigenvalue weighted by Gasteiger charge is 2.17. The van der Waals surface area contributed by atoms with E-state index in [-0.39, 0.29) is 5.69 Å². The summed E-state index contributed by atoms with van der Waals surface area (Å²) in [7, 11) is 0. The fraction of sp³-hybridized carbons (Fsp3) is 0. The van der Waals surface area contributed by atoms with Crippen LogP contribution in [-0.2, 0) is 9.59 Å². The molecule has 0 atom stereocenters. The molecule has 3 aromatic rings. The van der Waals surface area contributed by atoms with Crippen LogP contribution in [0.15, 0.2) is 82.6 Å². The number of hydrogen-bond acceptors (Lipinski definition) is 3. The zero-order valence-electron chi connectivity index (χ0n) is 13.9. The van der Waals surface area contributed by atoms with E-state index in [1.165, 1.54) is 17.8 Å². The molecule has 27 heavy (non-hydrogen) atoms. The molecule has 2 N–H and O–H groups in total. The summed E-state index contributed by atoms with van der Waals surface area (Å²) in [4.78, 5) is 26.4. The predicted octanol–water partition coefficient (Wildman–Crippen LogP) is 5.72. The van der Waals surface area contributed by atoms with E-state index in [0.717, 1.165) is 9.79 Å². The minimum Gasteiger partial charge on any atom is -0.317 e. The maximum atomic E-state index is 12.3. The molecular formula is C20H14Cl2N2O2S. The van der Waals surface area contributed by atoms with Gasteiger partial charge in [-0.1, -0.05) is 65.3 Å². The number of halogens is 2. The molecule has 2 amide bonds. The Kier molecular flexibility index (Phi) is 6.40. The molecule has 0 spiro atoms. The second kappa shape index (κ2) is 8.95. The quantitative estimate of drug-likeness (QED) is 0.534. The number of rotatable bonds is 4. The van der Waals surface area contributed by atoms with Crippen LogP contribution < -0.4 is 10.6 Å². The standard InChI is InChI=1S/C20H14Cl2N2O2S/c21-13-10-11-15(22)17(12-13)24-20(26)19(25)23-16-8-4-5-9-18(16)27-14-6-2-1-3-7-14/h1-12H,(H,23,25)(H,24,26). The number of benzene rings is 3. The average molecular weight is 417 g/mol. The normalized spacial score (nSPS) is 10.3. The molecule has 136 valence electrons. The van der Waals surface area contributed by atoms with Crippen molar-refractivity contribution in [2.45, 2.75) is 9.79 Å². The van der Waals surface area contributed by atoms with Gasteiger partial charge in [0.1, 0.15) is 0 Å². The van der Waals surface area contributed by atoms with Crippen molar-refractivity contribution in [1.29, 1.82) is 0 Å². The van der Waals surface area contributed by atoms with Gasteiger partial charge in [-0.3, -0.25) is 9.59 Å². The van der Waals surface area contributed by atoms with E-state index in [2.05, 4.69) is 10.6 Å². The first kappa shape index (κ1) is 19.3. The third-order valence-electron chi connectivity index (χ3n) is 3.49. The first-order valence-electron chi connectivity index (χ1n) is 7.92. The maximum absolute atomic E-state index is 12.3. The number of para-hydroxylation sites is 1. The van der Waals surface area contributed by atoms with Gasteiger partial charge < -0.3 is 10.6 Å². The lowest BCUT2D eigenvalue weighted by Crippen LogP contribution is -2.29. The number of anilines is 2. The summed E-state index contributed by atoms with van der Waals surface area (Å²) in [6.07, 6.45) is 0. The van der Waals surface area contributed by atoms with Gasteiger partial charge in [0.15, 0.2) is 0 Å². The molecule has 0 aliphatic rings. The van der Waals surface area contributed by atoms with Gasteiger partial charge in [0.2, 0.25) is 0 Å². The summed E-state index contributed by atoms with van der Waals surface area (Å²) in [5.41, 5.74) is 0.819. The van der Waals surface area contributed by atoms with Gasteiger partial charge in [-0.05, 0) is 42.5 Å². The molecule has 3 aromatic carbocycles. The van der Waals surface area contributed by atoms with Crippen molar-refractivity contribution in [2.24, 2.45) is 0 Å². The summed E-state index contributed by atoms with van der Waals surface area (Å²) in [5, 5.41) is 5.80. The van der Waals surface area contributed by atoms with E-state index in [4.69, 9.17) is 23.2 Å². The van der Waals surface area contributed by atoms with Crippen LogP contribution >= 0.6 is 35.0 Å². The van der Waals surface area contributed by atoms with Crippen LogP contribution in [0.25, 0.3) is 0 Å². The third kappa shape index (κ3) is 5.26. The van der Waals surface area contributed by atoms with Crippen LogP contribution in [0.4, 0.5) is 11.4 Å². The first-order chi connectivity index (χ1) is 13.0. The Morgan fingerprint density at radius 2 is 1.37 bits per heavy atom. The van der Waals surface area contributed by atoms with Crippen molar-refractivity contribution >= 4 is 58.2 Å². The van der Waals surface area contributed by atoms with Gasteiger partial charge in [-0.2, -0.15) is 0 Å². The van der Waals surface area contributed by atoms with E-state index in [9.17, 15) is 9.59 Å². The third-order valence-corrected chi connectivity index (χ3v) is 5.14. The zero-order chi connectivity index (χ0) is 19.2. The lowest BCUT2D eigenvalue weighted by molar-refractivity contribution is -0.133. The Morgan fingerprint density at radius 3 is 2.11 bits per heavy atom. The zero-order valence-corrected chi connectivity index (χ0v) is 16.2. The second-order valence-electron chi connectivity index (χ2n) is 5.44. The largest absolute Gasteiger partial charge is 0.317 e. The monoisotopic (exact) mass is 416 g/mol. The molecule has 3 rings (SSSR count). The molecule has 0 aliphatic heterocycles. The van der Waals surface area contributed by atoms with Crippen LogP contribution in [0.2, 0.25) is 10.0 Å². The Hall–Kier alpha value is -2.47. The molecule has 0 fully saturated rings. The summed E-state index contributed by atoms with van der Waals surface area (Å²) in [5.74, 6) is -1.63. The van der Waals surface area contributed by atoms with E-state index in [1.807, 2.05) is 42.5 Å². The molecule has 7 heteroatoms. The van der Waals surface area contributed by atoms with Crippen molar-refractivity contribution in [1.82, 2.24) is 0 Å². The lowest BCUT2D eigenvalue weighted by Gasteiger charge is -2.11. The van der Waals surface area contributed by atoms with E-state index >= 15 is 0 Å². The Balaban J connectivity index is 1.72. The number of carbonyl (C=O) groups excluding carboxylic acids is 2. The van der Waals surface area contributed by atoms with Crippen LogP contribution in [0, 0.1) is 0 Å². The minimum atomic E-state index is -0.835. The highest BCUT2D eigenvalue weighted by atomic mass is 35.5. The molecule has 4 nitrogen and oxygen atoms in total. The van der Waals surface area contributed by atoms with Gasteiger partial charge in [0.05, 0.1) is 16.4 Å². The van der Waals surface area contributed by atoms with Gasteiger partial charge in [0, 0.05) is 14.8 Å². The molecule has 0 saturated carbocycles. The molecule has 0 saturated heterocycles. The van der Waals surface area contributed by atoms with Crippen LogP contribution in [-0.4, -0.2) is 11.8 Å². The van der Waals surface area contributed by atoms with Crippen molar-refractivity contribution in [3.8, 4) is 0 Å². The maximum Gasteiger partial charge on any atom is 0.314 e. The fourth-order valence-corrected chi connectivity index (χ4v) is 3.49. The van der Waals surface area contributed by atoms with Crippen LogP contribution in [0.3, 0.4) is 0 Å². The Bertz CT molecular complexity index is 981. The predicted molar refractivity (Wildman–Crippen MR) is 111 cm³/mol. The smallest absolute Gasteiger partial charge is 0.314 e. The molecule has 0 radical (unpaired) electrons. The minimum absolute atomic E-state index is 0.274. The second-order valence-corrected chi connectivity index (χ2v) is 7.40. The van der Waals surface area contributed by atoms with Crippen LogP contribution in [0.1, 0.15) is 0 Å². The molecule has 0 unspecified atom stereocenters. The summed E-state index contributed by atoms with van der Waals surface area (Å²) < 4.78 is 0. The van der Waals surface area contributed by atoms with Crippen molar-refractivity contribution in [3.63, 3.8) is 0 Å². The lowest BCUT2D eigenvalue weighted by atomic mass is 10.3. The molecule has 0 heterocycles. The highest BCUT2D eigenvalue weighted by Crippen LogP contribution is 2.33. The molecule has 0 bridgehead atoms. The molecular weight excluding hydrogens is 403 g/mol. The fourth-order valence-electron chi connectivity index (χ4n) is 2.23. The van der Waals surface area contributed by atoms with Crippen LogP contribution in [0.5, 0.6) is 0 Å². The van der Waals surface area contributed by atoms with E-state index in [1.54, 1.807) is 24.3 Å². The number of hydrogen-bond donors (Lipinski definition) is 2. The molecule has 0 aliphatic carbocycles. The summed E-state index contributed by atoms with van der Waals surface area (Å²) in [6.45, 7) is 0. The number of nitrogens with one attached hydrogen (secondary N) is 2. The Morgan fingerprint density at radius 1 is 0.741 bits per heavy atom. The van der Waals surface area contributed by atoms with Gasteiger partial charge in [-0.15, -0.1) is 0 Å². The summed E-state index contributed by atoms with van der Waals surface area (Å²) in [6, 6.07) is 21.6. The van der Waals surface area contributed by atoms with Gasteiger partial charge in [0.25, 0.3) is 0 Å². The Labute approximate surface area is 170 Å².